The Hall–Kier alpha value is -8.82. The Bertz CT molecular complexity index is 3840. The van der Waals surface area contributed by atoms with Crippen molar-refractivity contribution in [1.82, 2.24) is 0 Å². The molecule has 0 aliphatic heterocycles. The average Bonchev–Trinajstić information content (AvgIpc) is 3.45. The number of rotatable bonds is 8. The zero-order valence-corrected chi connectivity index (χ0v) is 47.4. The molecule has 3 nitrogen and oxygen atoms in total. The van der Waals surface area contributed by atoms with Gasteiger partial charge in [-0.25, -0.2) is 0 Å². The molecule has 382 valence electrons. The van der Waals surface area contributed by atoms with E-state index in [9.17, 15) is 14.4 Å². The summed E-state index contributed by atoms with van der Waals surface area (Å²) in [5.41, 5.74) is 16.6. The first-order valence-electron chi connectivity index (χ1n) is 26.0. The third kappa shape index (κ3) is 17.3. The van der Waals surface area contributed by atoms with Gasteiger partial charge in [-0.2, -0.15) is 0 Å². The van der Waals surface area contributed by atoms with Crippen molar-refractivity contribution in [3.8, 4) is 71.0 Å². The molecule has 0 fully saturated rings. The molecule has 6 heteroatoms. The van der Waals surface area contributed by atoms with Crippen molar-refractivity contribution >= 4 is 50.6 Å². The van der Waals surface area contributed by atoms with Gasteiger partial charge in [0.05, 0.1) is 0 Å². The van der Waals surface area contributed by atoms with Crippen LogP contribution in [-0.2, 0) is 40.1 Å². The van der Waals surface area contributed by atoms with Gasteiger partial charge in [-0.3, -0.25) is 14.4 Å². The molecular formula is C73H54O3S3. The fourth-order valence-corrected chi connectivity index (χ4v) is 10.1. The van der Waals surface area contributed by atoms with E-state index in [0.29, 0.717) is 6.42 Å². The Morgan fingerprint density at radius 3 is 0.861 bits per heavy atom. The van der Waals surface area contributed by atoms with Crippen LogP contribution < -0.4 is 0 Å². The maximum Gasteiger partial charge on any atom is 0.190 e. The highest BCUT2D eigenvalue weighted by Crippen LogP contribution is 2.23. The Balaban J connectivity index is 1.03. The minimum atomic E-state index is 0.0546. The van der Waals surface area contributed by atoms with Crippen LogP contribution in [0.4, 0.5) is 0 Å². The minimum Gasteiger partial charge on any atom is -0.287 e. The molecule has 0 atom stereocenters. The van der Waals surface area contributed by atoms with E-state index in [1.165, 1.54) is 35.3 Å². The highest BCUT2D eigenvalue weighted by molar-refractivity contribution is 8.14. The molecule has 0 heterocycles. The highest BCUT2D eigenvalue weighted by Gasteiger charge is 2.07. The van der Waals surface area contributed by atoms with Crippen LogP contribution in [0.3, 0.4) is 0 Å². The lowest BCUT2D eigenvalue weighted by atomic mass is 9.97. The lowest BCUT2D eigenvalue weighted by molar-refractivity contribution is -0.109. The molecule has 8 rings (SSSR count). The molecule has 0 saturated carbocycles. The molecule has 0 bridgehead atoms. The normalized spacial score (nSPS) is 10.1. The first-order chi connectivity index (χ1) is 38.4. The van der Waals surface area contributed by atoms with E-state index < -0.39 is 0 Å². The number of carbonyl (C=O) groups is 3. The molecule has 0 saturated heterocycles. The number of benzene rings is 8. The summed E-state index contributed by atoms with van der Waals surface area (Å²) < 4.78 is 0. The van der Waals surface area contributed by atoms with Crippen molar-refractivity contribution in [3.63, 3.8) is 0 Å². The van der Waals surface area contributed by atoms with E-state index >= 15 is 0 Å². The van der Waals surface area contributed by atoms with Gasteiger partial charge >= 0.3 is 0 Å². The van der Waals surface area contributed by atoms with Crippen LogP contribution in [0.5, 0.6) is 0 Å². The monoisotopic (exact) mass is 1070 g/mol. The number of hydrogen-bond acceptors (Lipinski definition) is 6. The van der Waals surface area contributed by atoms with Gasteiger partial charge in [0.25, 0.3) is 0 Å². The Morgan fingerprint density at radius 2 is 0.557 bits per heavy atom. The summed E-state index contributed by atoms with van der Waals surface area (Å²) in [6.45, 7) is 11.1. The second-order valence-electron chi connectivity index (χ2n) is 18.3. The summed E-state index contributed by atoms with van der Waals surface area (Å²) >= 11 is 3.64. The van der Waals surface area contributed by atoms with Crippen molar-refractivity contribution in [3.05, 3.63) is 264 Å². The molecule has 8 aromatic carbocycles. The predicted octanol–water partition coefficient (Wildman–Crippen LogP) is 15.3. The van der Waals surface area contributed by atoms with Crippen LogP contribution in [0, 0.1) is 71.0 Å². The van der Waals surface area contributed by atoms with Gasteiger partial charge < -0.3 is 0 Å². The fourth-order valence-electron chi connectivity index (χ4n) is 8.31. The van der Waals surface area contributed by atoms with E-state index in [0.717, 1.165) is 129 Å². The molecule has 0 aliphatic carbocycles. The maximum absolute atomic E-state index is 11.5. The van der Waals surface area contributed by atoms with E-state index in [1.807, 2.05) is 91.0 Å². The van der Waals surface area contributed by atoms with E-state index in [4.69, 9.17) is 0 Å². The largest absolute Gasteiger partial charge is 0.287 e. The summed E-state index contributed by atoms with van der Waals surface area (Å²) in [4.78, 5) is 37.2. The Morgan fingerprint density at radius 1 is 0.291 bits per heavy atom. The minimum absolute atomic E-state index is 0.0546. The van der Waals surface area contributed by atoms with Crippen LogP contribution in [-0.4, -0.2) is 15.3 Å². The van der Waals surface area contributed by atoms with Gasteiger partial charge in [0.2, 0.25) is 0 Å². The number of carbonyl (C=O) groups excluding carboxylic acids is 3. The maximum atomic E-state index is 11.5. The zero-order chi connectivity index (χ0) is 55.5. The number of hydrogen-bond donors (Lipinski definition) is 0. The van der Waals surface area contributed by atoms with Crippen LogP contribution in [0.25, 0.3) is 0 Å². The molecule has 0 aromatic heterocycles. The van der Waals surface area contributed by atoms with Gasteiger partial charge in [0.1, 0.15) is 0 Å². The molecule has 79 heavy (non-hydrogen) atoms. The molecule has 0 unspecified atom stereocenters. The molecular weight excluding hydrogens is 1020 g/mol. The predicted molar refractivity (Wildman–Crippen MR) is 328 cm³/mol. The summed E-state index contributed by atoms with van der Waals surface area (Å²) in [6.07, 6.45) is 3.11. The van der Waals surface area contributed by atoms with Crippen molar-refractivity contribution in [2.24, 2.45) is 0 Å². The molecule has 0 radical (unpaired) electrons. The Kier molecular flexibility index (Phi) is 20.0. The lowest BCUT2D eigenvalue weighted by Gasteiger charge is -2.06. The standard InChI is InChI=1S/C73H54O3S3/c1-7-65-48-59(17-12-55-26-38-71(39-27-55)77-51(4)74)21-33-68(65)32-20-54-10-15-58(16-11-54)44-64-46-62(24-36-69-34-22-60(49-66(69)8-2)18-13-56-28-40-72(41-29-56)78-52(5)75)45-63(47-64)25-37-70-35-23-61(50-67(70)9-3)19-14-57-30-42-73(43-31-57)79-53(6)76/h10-11,15-16,21-23,26-31,33-35,38-43,45-50H,7-9,44H2,1-6H3. The van der Waals surface area contributed by atoms with Crippen molar-refractivity contribution in [2.75, 3.05) is 0 Å². The first kappa shape index (κ1) is 56.4. The van der Waals surface area contributed by atoms with Crippen LogP contribution in [0.2, 0.25) is 0 Å². The number of aryl methyl sites for hydroxylation is 3. The summed E-state index contributed by atoms with van der Waals surface area (Å²) in [5, 5.41) is 0.169. The quantitative estimate of drug-likeness (QED) is 0.112. The van der Waals surface area contributed by atoms with Gasteiger partial charge in [0, 0.05) is 102 Å². The molecule has 0 amide bonds. The van der Waals surface area contributed by atoms with Gasteiger partial charge in [-0.1, -0.05) is 139 Å². The third-order valence-corrected chi connectivity index (χ3v) is 14.6. The summed E-state index contributed by atoms with van der Waals surface area (Å²) in [7, 11) is 0. The van der Waals surface area contributed by atoms with Crippen molar-refractivity contribution in [2.45, 2.75) is 81.9 Å². The van der Waals surface area contributed by atoms with E-state index in [-0.39, 0.29) is 15.3 Å². The highest BCUT2D eigenvalue weighted by atomic mass is 32.2. The zero-order valence-electron chi connectivity index (χ0n) is 44.9. The first-order valence-corrected chi connectivity index (χ1v) is 28.4. The Labute approximate surface area is 479 Å². The molecule has 0 aliphatic rings. The van der Waals surface area contributed by atoms with Crippen LogP contribution in [0.15, 0.2) is 185 Å². The number of thioether (sulfide) groups is 3. The fraction of sp³-hybridized carbons (Fsp3) is 0.137. The van der Waals surface area contributed by atoms with E-state index in [2.05, 4.69) is 171 Å². The van der Waals surface area contributed by atoms with Gasteiger partial charge in [-0.15, -0.1) is 0 Å². The second-order valence-corrected chi connectivity index (χ2v) is 22.1. The topological polar surface area (TPSA) is 51.2 Å². The van der Waals surface area contributed by atoms with Gasteiger partial charge in [-0.05, 0) is 211 Å². The summed E-state index contributed by atoms with van der Waals surface area (Å²) in [5.74, 6) is 40.4. The third-order valence-electron chi connectivity index (χ3n) is 12.2. The average molecular weight is 1080 g/mol. The lowest BCUT2D eigenvalue weighted by Crippen LogP contribution is -1.93. The molecule has 0 spiro atoms. The molecule has 0 N–H and O–H groups in total. The van der Waals surface area contributed by atoms with Gasteiger partial charge in [0.15, 0.2) is 15.3 Å². The van der Waals surface area contributed by atoms with Crippen molar-refractivity contribution < 1.29 is 14.4 Å². The SMILES string of the molecule is CCc1cc(C#Cc2ccc(SC(C)=O)cc2)ccc1C#Cc1ccc(Cc2cc(C#Cc3ccc(C#Cc4ccc(SC(C)=O)cc4)cc3CC)cc(C#Cc3ccc(C#Cc4ccc(SC(C)=O)cc4)cc3CC)c2)cc1. The van der Waals surface area contributed by atoms with Crippen molar-refractivity contribution in [1.29, 1.82) is 0 Å². The van der Waals surface area contributed by atoms with Crippen LogP contribution in [0.1, 0.15) is 136 Å². The summed E-state index contributed by atoms with van der Waals surface area (Å²) in [6, 6.07) is 56.6. The smallest absolute Gasteiger partial charge is 0.190 e. The second kappa shape index (κ2) is 28.0. The van der Waals surface area contributed by atoms with Crippen LogP contribution >= 0.6 is 35.3 Å². The molecule has 8 aromatic rings. The van der Waals surface area contributed by atoms with E-state index in [1.54, 1.807) is 20.8 Å².